The normalized spacial score (nSPS) is 4.29. The molecule has 45 valence electrons. The predicted molar refractivity (Wildman–Crippen MR) is 33.9 cm³/mol. The average Bonchev–Trinajstić information content (AvgIpc) is 1.37. The van der Waals surface area contributed by atoms with E-state index < -0.39 is 0 Å². The highest BCUT2D eigenvalue weighted by Gasteiger charge is 1.54. The van der Waals surface area contributed by atoms with Crippen molar-refractivity contribution in [3.05, 3.63) is 0 Å². The molecule has 0 aromatic rings. The first kappa shape index (κ1) is 28.5. The summed E-state index contributed by atoms with van der Waals surface area (Å²) in [5.41, 5.74) is 9.81. The third kappa shape index (κ3) is 110. The van der Waals surface area contributed by atoms with Gasteiger partial charge in [-0.1, -0.05) is 0 Å². The maximum atomic E-state index is 4.90. The van der Waals surface area contributed by atoms with Crippen LogP contribution in [0.5, 0.6) is 0 Å². The van der Waals surface area contributed by atoms with Crippen molar-refractivity contribution >= 4 is 8.41 Å². The zero-order chi connectivity index (χ0) is 3.41. The first-order valence-electron chi connectivity index (χ1n) is 1.32. The van der Waals surface area contributed by atoms with Crippen molar-refractivity contribution in [2.45, 2.75) is 0 Å². The lowest BCUT2D eigenvalue weighted by molar-refractivity contribution is 0.976. The highest BCUT2D eigenvalue weighted by Crippen LogP contribution is 1.24. The molecule has 0 heterocycles. The number of rotatable bonds is 1. The minimum Gasteiger partial charge on any atom is -0.344 e. The van der Waals surface area contributed by atoms with Gasteiger partial charge in [-0.25, -0.2) is 0 Å². The zero-order valence-electron chi connectivity index (χ0n) is 4.56. The highest BCUT2D eigenvalue weighted by atomic mass is 14.6. The summed E-state index contributed by atoms with van der Waals surface area (Å²) in [6, 6.07) is 0. The quantitative estimate of drug-likeness (QED) is 0.314. The zero-order valence-corrected chi connectivity index (χ0v) is 4.56. The third-order valence-electron chi connectivity index (χ3n) is 0.167. The van der Waals surface area contributed by atoms with Crippen LogP contribution in [-0.4, -0.2) is 21.5 Å². The molecule has 0 unspecified atom stereocenters. The molecule has 4 nitrogen and oxygen atoms in total. The summed E-state index contributed by atoms with van der Waals surface area (Å²) in [5, 5.41) is 0. The molecule has 0 aliphatic rings. The Morgan fingerprint density at radius 1 is 0.857 bits per heavy atom. The summed E-state index contributed by atoms with van der Waals surface area (Å²) >= 11 is 0. The molecule has 5 heteroatoms. The molecule has 10 N–H and O–H groups in total. The molecule has 0 rings (SSSR count). The predicted octanol–water partition coefficient (Wildman–Crippen LogP) is -1.15. The second-order valence-corrected chi connectivity index (χ2v) is 0.577. The Hall–Kier alpha value is -0.0951. The van der Waals surface area contributed by atoms with Crippen molar-refractivity contribution in [2.24, 2.45) is 11.5 Å². The Balaban J connectivity index is -0.0000000150. The fraction of sp³-hybridized carbons (Fsp3) is 1.00. The van der Waals surface area contributed by atoms with Crippen LogP contribution < -0.4 is 23.8 Å². The van der Waals surface area contributed by atoms with Crippen LogP contribution in [0, 0.1) is 0 Å². The van der Waals surface area contributed by atoms with E-state index in [4.69, 9.17) is 11.5 Å². The molecule has 0 aliphatic carbocycles. The third-order valence-corrected chi connectivity index (χ3v) is 0.167. The lowest BCUT2D eigenvalue weighted by Gasteiger charge is -1.72. The van der Waals surface area contributed by atoms with E-state index in [-0.39, 0.29) is 20.7 Å². The van der Waals surface area contributed by atoms with Gasteiger partial charge in [0.15, 0.2) is 0 Å². The van der Waals surface area contributed by atoms with Gasteiger partial charge in [0.2, 0.25) is 0 Å². The highest BCUT2D eigenvalue weighted by molar-refractivity contribution is 5.75. The minimum atomic E-state index is 0. The van der Waals surface area contributed by atoms with Gasteiger partial charge in [-0.05, 0) is 0 Å². The number of nitrogens with two attached hydrogens (primary N) is 2. The van der Waals surface area contributed by atoms with E-state index in [0.29, 0.717) is 13.1 Å². The largest absolute Gasteiger partial charge is 0.344 e. The second kappa shape index (κ2) is 39.1. The van der Waals surface area contributed by atoms with E-state index in [1.807, 2.05) is 0 Å². The van der Waals surface area contributed by atoms with E-state index >= 15 is 0 Å². The fourth-order valence-corrected chi connectivity index (χ4v) is 0. The average molecular weight is 105 g/mol. The van der Waals surface area contributed by atoms with E-state index in [1.54, 1.807) is 0 Å². The molecule has 0 fully saturated rings. The van der Waals surface area contributed by atoms with Gasteiger partial charge >= 0.3 is 0 Å². The van der Waals surface area contributed by atoms with Gasteiger partial charge in [-0.2, -0.15) is 0 Å². The molecular weight excluding hydrogens is 90.9 g/mol. The van der Waals surface area contributed by atoms with Gasteiger partial charge in [0.05, 0.1) is 0 Å². The van der Waals surface area contributed by atoms with Gasteiger partial charge in [0.25, 0.3) is 0 Å². The Labute approximate surface area is 46.4 Å². The SMILES string of the molecule is N.N.NCCN.[B]. The summed E-state index contributed by atoms with van der Waals surface area (Å²) in [6.07, 6.45) is 0. The van der Waals surface area contributed by atoms with E-state index in [2.05, 4.69) is 0 Å². The van der Waals surface area contributed by atoms with Crippen LogP contribution in [0.15, 0.2) is 0 Å². The van der Waals surface area contributed by atoms with Crippen molar-refractivity contribution in [1.29, 1.82) is 0 Å². The molecular formula is C2H14BN4. The molecule has 0 aliphatic heterocycles. The van der Waals surface area contributed by atoms with Crippen molar-refractivity contribution < 1.29 is 0 Å². The molecule has 0 aromatic heterocycles. The Kier molecular flexibility index (Phi) is 160. The van der Waals surface area contributed by atoms with E-state index in [1.165, 1.54) is 0 Å². The Morgan fingerprint density at radius 2 is 1.00 bits per heavy atom. The molecule has 0 spiro atoms. The maximum absolute atomic E-state index is 4.90. The molecule has 3 radical (unpaired) electrons. The topological polar surface area (TPSA) is 122 Å². The smallest absolute Gasteiger partial charge is 0.00461 e. The second-order valence-electron chi connectivity index (χ2n) is 0.577. The summed E-state index contributed by atoms with van der Waals surface area (Å²) < 4.78 is 0. The maximum Gasteiger partial charge on any atom is 0.00461 e. The van der Waals surface area contributed by atoms with Crippen LogP contribution in [0.4, 0.5) is 0 Å². The summed E-state index contributed by atoms with van der Waals surface area (Å²) in [5.74, 6) is 0. The van der Waals surface area contributed by atoms with E-state index in [9.17, 15) is 0 Å². The minimum absolute atomic E-state index is 0. The summed E-state index contributed by atoms with van der Waals surface area (Å²) in [6.45, 7) is 1.19. The Bertz CT molecular complexity index is 11.7. The molecule has 0 saturated carbocycles. The van der Waals surface area contributed by atoms with Crippen molar-refractivity contribution in [2.75, 3.05) is 13.1 Å². The molecule has 0 saturated heterocycles. The molecule has 0 atom stereocenters. The van der Waals surface area contributed by atoms with Gasteiger partial charge in [0.1, 0.15) is 0 Å². The van der Waals surface area contributed by atoms with Crippen molar-refractivity contribution in [3.63, 3.8) is 0 Å². The summed E-state index contributed by atoms with van der Waals surface area (Å²) in [4.78, 5) is 0. The molecule has 7 heavy (non-hydrogen) atoms. The molecule has 0 bridgehead atoms. The Morgan fingerprint density at radius 3 is 1.00 bits per heavy atom. The first-order chi connectivity index (χ1) is 1.91. The summed E-state index contributed by atoms with van der Waals surface area (Å²) in [7, 11) is 0. The van der Waals surface area contributed by atoms with Crippen LogP contribution in [0.2, 0.25) is 0 Å². The van der Waals surface area contributed by atoms with E-state index in [0.717, 1.165) is 0 Å². The van der Waals surface area contributed by atoms with Gasteiger partial charge in [-0.3, -0.25) is 0 Å². The van der Waals surface area contributed by atoms with Crippen molar-refractivity contribution in [1.82, 2.24) is 12.3 Å². The number of hydrogen-bond acceptors (Lipinski definition) is 4. The molecule has 0 amide bonds. The number of hydrogen-bond donors (Lipinski definition) is 4. The standard InChI is InChI=1S/C2H8N2.B.2H3N/c3-1-2-4;;;/h1-4H2;;2*1H3. The van der Waals surface area contributed by atoms with Crippen LogP contribution in [-0.2, 0) is 0 Å². The van der Waals surface area contributed by atoms with Crippen LogP contribution in [0.3, 0.4) is 0 Å². The lowest BCUT2D eigenvalue weighted by Crippen LogP contribution is -2.11. The van der Waals surface area contributed by atoms with Crippen molar-refractivity contribution in [3.8, 4) is 0 Å². The van der Waals surface area contributed by atoms with Crippen LogP contribution in [0.25, 0.3) is 0 Å². The molecule has 0 aromatic carbocycles. The lowest BCUT2D eigenvalue weighted by atomic mass is 10.7. The first-order valence-corrected chi connectivity index (χ1v) is 1.32. The van der Waals surface area contributed by atoms with Gasteiger partial charge in [-0.15, -0.1) is 0 Å². The van der Waals surface area contributed by atoms with Crippen LogP contribution in [0.1, 0.15) is 0 Å². The fourth-order valence-electron chi connectivity index (χ4n) is 0. The van der Waals surface area contributed by atoms with Gasteiger partial charge in [0, 0.05) is 21.5 Å². The monoisotopic (exact) mass is 105 g/mol. The van der Waals surface area contributed by atoms with Gasteiger partial charge < -0.3 is 23.8 Å². The van der Waals surface area contributed by atoms with Crippen LogP contribution >= 0.6 is 0 Å².